The van der Waals surface area contributed by atoms with Crippen molar-refractivity contribution in [1.29, 1.82) is 0 Å². The highest BCUT2D eigenvalue weighted by molar-refractivity contribution is 9.10. The average Bonchev–Trinajstić information content (AvgIpc) is 2.76. The average molecular weight is 512 g/mol. The molecule has 4 rings (SSSR count). The maximum Gasteiger partial charge on any atom is 0.163 e. The molecule has 1 atom stereocenters. The van der Waals surface area contributed by atoms with Crippen LogP contribution >= 0.6 is 28.3 Å². The number of anilines is 2. The molecule has 2 N–H and O–H groups in total. The molecule has 1 fully saturated rings. The summed E-state index contributed by atoms with van der Waals surface area (Å²) in [6.45, 7) is 4.13. The Kier molecular flexibility index (Phi) is 7.91. The number of halogens is 3. The smallest absolute Gasteiger partial charge is 0.163 e. The van der Waals surface area contributed by atoms with E-state index in [0.717, 1.165) is 31.3 Å². The van der Waals surface area contributed by atoms with Crippen LogP contribution in [0.1, 0.15) is 19.8 Å². The Balaban J connectivity index is 0.00000272. The first-order valence-electron chi connectivity index (χ1n) is 9.97. The van der Waals surface area contributed by atoms with Gasteiger partial charge in [0.25, 0.3) is 0 Å². The van der Waals surface area contributed by atoms with Crippen LogP contribution in [0.25, 0.3) is 10.9 Å². The zero-order valence-electron chi connectivity index (χ0n) is 17.3. The third-order valence-electron chi connectivity index (χ3n) is 5.47. The van der Waals surface area contributed by atoms with Gasteiger partial charge in [0, 0.05) is 15.9 Å². The third-order valence-corrected chi connectivity index (χ3v) is 5.96. The van der Waals surface area contributed by atoms with Crippen molar-refractivity contribution >= 4 is 50.7 Å². The van der Waals surface area contributed by atoms with Gasteiger partial charge in [-0.3, -0.25) is 0 Å². The van der Waals surface area contributed by atoms with E-state index in [1.807, 2.05) is 12.1 Å². The zero-order chi connectivity index (χ0) is 21.1. The van der Waals surface area contributed by atoms with Gasteiger partial charge in [-0.2, -0.15) is 0 Å². The van der Waals surface area contributed by atoms with E-state index in [2.05, 4.69) is 43.5 Å². The second kappa shape index (κ2) is 10.4. The molecule has 0 bridgehead atoms. The number of methoxy groups -OCH3 is 1. The van der Waals surface area contributed by atoms with Crippen molar-refractivity contribution in [3.05, 3.63) is 46.9 Å². The molecule has 2 aromatic carbocycles. The van der Waals surface area contributed by atoms with Gasteiger partial charge >= 0.3 is 0 Å². The number of aromatic nitrogens is 2. The number of rotatable bonds is 6. The van der Waals surface area contributed by atoms with E-state index in [0.29, 0.717) is 38.9 Å². The second-order valence-corrected chi connectivity index (χ2v) is 8.32. The maximum atomic E-state index is 14.3. The van der Waals surface area contributed by atoms with E-state index in [9.17, 15) is 4.39 Å². The SMILES string of the molecule is COc1cc2c(Nc3ccc(Br)cc3F)ncnc2cc1OC(C)C1CCNCC1.Cl. The van der Waals surface area contributed by atoms with Gasteiger partial charge in [0.2, 0.25) is 0 Å². The van der Waals surface area contributed by atoms with Gasteiger partial charge in [0.15, 0.2) is 11.5 Å². The Hall–Kier alpha value is -2.16. The molecule has 0 amide bonds. The lowest BCUT2D eigenvalue weighted by molar-refractivity contribution is 0.124. The predicted octanol–water partition coefficient (Wildman–Crippen LogP) is 5.47. The predicted molar refractivity (Wildman–Crippen MR) is 126 cm³/mol. The maximum absolute atomic E-state index is 14.3. The van der Waals surface area contributed by atoms with Gasteiger partial charge in [0.1, 0.15) is 18.0 Å². The molecule has 6 nitrogen and oxygen atoms in total. The Morgan fingerprint density at radius 1 is 1.16 bits per heavy atom. The first-order valence-corrected chi connectivity index (χ1v) is 10.8. The monoisotopic (exact) mass is 510 g/mol. The van der Waals surface area contributed by atoms with Crippen LogP contribution in [0.15, 0.2) is 41.1 Å². The van der Waals surface area contributed by atoms with E-state index < -0.39 is 0 Å². The minimum atomic E-state index is -0.376. The van der Waals surface area contributed by atoms with Crippen LogP contribution in [0.4, 0.5) is 15.9 Å². The number of fused-ring (bicyclic) bond motifs is 1. The molecule has 0 saturated carbocycles. The largest absolute Gasteiger partial charge is 0.493 e. The van der Waals surface area contributed by atoms with Crippen molar-refractivity contribution in [2.75, 3.05) is 25.5 Å². The van der Waals surface area contributed by atoms with Crippen LogP contribution in [0.3, 0.4) is 0 Å². The molecule has 31 heavy (non-hydrogen) atoms. The first kappa shape index (κ1) is 23.5. The molecule has 0 aliphatic carbocycles. The van der Waals surface area contributed by atoms with Crippen molar-refractivity contribution in [2.45, 2.75) is 25.9 Å². The lowest BCUT2D eigenvalue weighted by Crippen LogP contribution is -2.35. The lowest BCUT2D eigenvalue weighted by atomic mass is 9.93. The van der Waals surface area contributed by atoms with Crippen LogP contribution in [-0.4, -0.2) is 36.3 Å². The van der Waals surface area contributed by atoms with Gasteiger partial charge in [-0.1, -0.05) is 15.9 Å². The molecule has 1 saturated heterocycles. The van der Waals surface area contributed by atoms with Crippen molar-refractivity contribution < 1.29 is 13.9 Å². The number of benzene rings is 2. The van der Waals surface area contributed by atoms with Crippen LogP contribution in [0, 0.1) is 11.7 Å². The number of nitrogens with zero attached hydrogens (tertiary/aromatic N) is 2. The summed E-state index contributed by atoms with van der Waals surface area (Å²) in [7, 11) is 1.61. The number of nitrogens with one attached hydrogen (secondary N) is 2. The van der Waals surface area contributed by atoms with Gasteiger partial charge in [-0.15, -0.1) is 12.4 Å². The number of ether oxygens (including phenoxy) is 2. The first-order chi connectivity index (χ1) is 14.5. The van der Waals surface area contributed by atoms with Gasteiger partial charge in [-0.05, 0) is 63.0 Å². The molecule has 2 heterocycles. The van der Waals surface area contributed by atoms with E-state index in [4.69, 9.17) is 9.47 Å². The molecular formula is C22H25BrClFN4O2. The van der Waals surface area contributed by atoms with E-state index in [1.165, 1.54) is 12.4 Å². The molecule has 0 spiro atoms. The summed E-state index contributed by atoms with van der Waals surface area (Å²) in [5, 5.41) is 7.16. The van der Waals surface area contributed by atoms with E-state index in [1.54, 1.807) is 19.2 Å². The Morgan fingerprint density at radius 2 is 1.94 bits per heavy atom. The summed E-state index contributed by atoms with van der Waals surface area (Å²) in [5.74, 6) is 1.86. The molecule has 1 aromatic heterocycles. The Bertz CT molecular complexity index is 1050. The molecule has 1 unspecified atom stereocenters. The standard InChI is InChI=1S/C22H24BrFN4O2.ClH/c1-13(14-5-7-25-8-6-14)30-21-11-19-16(10-20(21)29-2)22(27-12-26-19)28-18-4-3-15(23)9-17(18)24;/h3-4,9-14,25H,5-8H2,1-2H3,(H,26,27,28);1H. The number of hydrogen-bond donors (Lipinski definition) is 2. The summed E-state index contributed by atoms with van der Waals surface area (Å²) in [5.41, 5.74) is 1.02. The fraction of sp³-hybridized carbons (Fsp3) is 0.364. The molecule has 1 aliphatic heterocycles. The summed E-state index contributed by atoms with van der Waals surface area (Å²) >= 11 is 3.27. The molecule has 0 radical (unpaired) electrons. The fourth-order valence-corrected chi connectivity index (χ4v) is 4.08. The van der Waals surface area contributed by atoms with Gasteiger partial charge in [0.05, 0.1) is 24.4 Å². The topological polar surface area (TPSA) is 68.3 Å². The molecule has 9 heteroatoms. The highest BCUT2D eigenvalue weighted by atomic mass is 79.9. The van der Waals surface area contributed by atoms with Gasteiger partial charge in [-0.25, -0.2) is 14.4 Å². The molecular weight excluding hydrogens is 487 g/mol. The van der Waals surface area contributed by atoms with Crippen molar-refractivity contribution in [3.8, 4) is 11.5 Å². The van der Waals surface area contributed by atoms with Crippen LogP contribution in [-0.2, 0) is 0 Å². The highest BCUT2D eigenvalue weighted by Crippen LogP contribution is 2.36. The normalized spacial score (nSPS) is 15.2. The Labute approximate surface area is 195 Å². The Morgan fingerprint density at radius 3 is 2.65 bits per heavy atom. The molecule has 3 aromatic rings. The lowest BCUT2D eigenvalue weighted by Gasteiger charge is -2.29. The summed E-state index contributed by atoms with van der Waals surface area (Å²) in [6.07, 6.45) is 3.70. The minimum Gasteiger partial charge on any atom is -0.493 e. The second-order valence-electron chi connectivity index (χ2n) is 7.40. The summed E-state index contributed by atoms with van der Waals surface area (Å²) in [6, 6.07) is 8.52. The van der Waals surface area contributed by atoms with Crippen molar-refractivity contribution in [2.24, 2.45) is 5.92 Å². The van der Waals surface area contributed by atoms with Crippen LogP contribution < -0.4 is 20.1 Å². The van der Waals surface area contributed by atoms with Crippen LogP contribution in [0.5, 0.6) is 11.5 Å². The van der Waals surface area contributed by atoms with Gasteiger partial charge < -0.3 is 20.1 Å². The number of hydrogen-bond acceptors (Lipinski definition) is 6. The van der Waals surface area contributed by atoms with Crippen LogP contribution in [0.2, 0.25) is 0 Å². The number of piperidine rings is 1. The van der Waals surface area contributed by atoms with E-state index in [-0.39, 0.29) is 24.3 Å². The minimum absolute atomic E-state index is 0. The molecule has 1 aliphatic rings. The van der Waals surface area contributed by atoms with E-state index >= 15 is 0 Å². The summed E-state index contributed by atoms with van der Waals surface area (Å²) < 4.78 is 26.8. The quantitative estimate of drug-likeness (QED) is 0.457. The summed E-state index contributed by atoms with van der Waals surface area (Å²) in [4.78, 5) is 8.68. The fourth-order valence-electron chi connectivity index (χ4n) is 3.74. The van der Waals surface area contributed by atoms with Crippen molar-refractivity contribution in [3.63, 3.8) is 0 Å². The highest BCUT2D eigenvalue weighted by Gasteiger charge is 2.23. The zero-order valence-corrected chi connectivity index (χ0v) is 19.7. The third kappa shape index (κ3) is 5.37. The molecule has 166 valence electrons. The van der Waals surface area contributed by atoms with Crippen molar-refractivity contribution in [1.82, 2.24) is 15.3 Å².